The van der Waals surface area contributed by atoms with E-state index in [0.29, 0.717) is 11.5 Å². The van der Waals surface area contributed by atoms with Crippen molar-refractivity contribution in [1.29, 1.82) is 0 Å². The van der Waals surface area contributed by atoms with Crippen LogP contribution in [0, 0.1) is 0 Å². The van der Waals surface area contributed by atoms with Gasteiger partial charge in [-0.1, -0.05) is 189 Å². The number of para-hydroxylation sites is 4. The molecule has 4 nitrogen and oxygen atoms in total. The van der Waals surface area contributed by atoms with Crippen LogP contribution in [0.4, 0.5) is 0 Å². The maximum atomic E-state index is 5.10. The molecular weight excluding hydrogens is 909 g/mol. The first-order chi connectivity index (χ1) is 37.0. The lowest BCUT2D eigenvalue weighted by molar-refractivity contribution is 1.18. The Bertz CT molecular complexity index is 4170. The lowest BCUT2D eigenvalue weighted by Gasteiger charge is -2.14. The van der Waals surface area contributed by atoms with Crippen LogP contribution in [0.25, 0.3) is 105 Å². The van der Waals surface area contributed by atoms with Gasteiger partial charge in [-0.2, -0.15) is 0 Å². The van der Waals surface area contributed by atoms with Crippen LogP contribution in [0.2, 0.25) is 0 Å². The molecule has 0 aliphatic heterocycles. The highest BCUT2D eigenvalue weighted by Gasteiger charge is 2.18. The van der Waals surface area contributed by atoms with E-state index in [9.17, 15) is 0 Å². The molecule has 0 amide bonds. The summed E-state index contributed by atoms with van der Waals surface area (Å²) in [6.07, 6.45) is 0. The number of amidine groups is 1. The average molecular weight is 959 g/mol. The minimum absolute atomic E-state index is 0.618. The van der Waals surface area contributed by atoms with Crippen molar-refractivity contribution in [3.05, 3.63) is 296 Å². The molecule has 354 valence electrons. The van der Waals surface area contributed by atoms with Gasteiger partial charge in [0.05, 0.1) is 27.8 Å². The maximum absolute atomic E-state index is 5.10. The predicted molar refractivity (Wildman–Crippen MR) is 318 cm³/mol. The molecule has 2 heterocycles. The molecular formula is C71H50N4. The lowest BCUT2D eigenvalue weighted by atomic mass is 9.91. The third-order valence-electron chi connectivity index (χ3n) is 14.4. The predicted octanol–water partition coefficient (Wildman–Crippen LogP) is 18.5. The molecule has 4 heteroatoms. The molecule has 13 rings (SSSR count). The second kappa shape index (κ2) is 19.3. The highest BCUT2D eigenvalue weighted by molar-refractivity contribution is 6.14. The number of nitrogens with zero attached hydrogens (tertiary/aromatic N) is 4. The summed E-state index contributed by atoms with van der Waals surface area (Å²) in [5.74, 6) is 0.618. The monoisotopic (exact) mass is 958 g/mol. The number of aromatic nitrogens is 2. The normalized spacial score (nSPS) is 12.0. The Morgan fingerprint density at radius 2 is 0.667 bits per heavy atom. The first kappa shape index (κ1) is 45.0. The summed E-state index contributed by atoms with van der Waals surface area (Å²) in [6.45, 7) is 6.52. The van der Waals surface area contributed by atoms with Gasteiger partial charge in [-0.05, 0) is 148 Å². The number of fused-ring (bicyclic) bond motifs is 6. The Morgan fingerprint density at radius 3 is 1.19 bits per heavy atom. The Labute approximate surface area is 436 Å². The molecule has 0 bridgehead atoms. The molecule has 75 heavy (non-hydrogen) atoms. The molecule has 13 aromatic rings. The van der Waals surface area contributed by atoms with E-state index < -0.39 is 0 Å². The third kappa shape index (κ3) is 8.54. The zero-order valence-corrected chi connectivity index (χ0v) is 41.5. The molecule has 11 aromatic carbocycles. The molecule has 0 aliphatic carbocycles. The van der Waals surface area contributed by atoms with Crippen LogP contribution in [0.1, 0.15) is 23.6 Å². The summed E-state index contributed by atoms with van der Waals surface area (Å²) < 4.78 is 4.76. The third-order valence-corrected chi connectivity index (χ3v) is 14.4. The summed E-state index contributed by atoms with van der Waals surface area (Å²) in [7, 11) is 0. The lowest BCUT2D eigenvalue weighted by Crippen LogP contribution is -2.04. The number of hydrogen-bond acceptors (Lipinski definition) is 1. The molecule has 0 saturated carbocycles. The summed E-state index contributed by atoms with van der Waals surface area (Å²) in [5.41, 5.74) is 20.5. The zero-order valence-electron chi connectivity index (χ0n) is 41.5. The highest BCUT2D eigenvalue weighted by Crippen LogP contribution is 2.41. The fourth-order valence-corrected chi connectivity index (χ4v) is 10.7. The van der Waals surface area contributed by atoms with E-state index >= 15 is 0 Å². The minimum Gasteiger partial charge on any atom is -0.309 e. The number of benzene rings is 11. The number of aliphatic imine (C=N–C) groups is 2. The van der Waals surface area contributed by atoms with Crippen molar-refractivity contribution >= 4 is 60.9 Å². The van der Waals surface area contributed by atoms with Crippen molar-refractivity contribution in [1.82, 2.24) is 9.13 Å². The second-order valence-electron chi connectivity index (χ2n) is 19.1. The van der Waals surface area contributed by atoms with Gasteiger partial charge in [-0.3, -0.25) is 0 Å². The first-order valence-electron chi connectivity index (χ1n) is 25.5. The van der Waals surface area contributed by atoms with Gasteiger partial charge in [-0.15, -0.1) is 0 Å². The van der Waals surface area contributed by atoms with Gasteiger partial charge >= 0.3 is 0 Å². The quantitative estimate of drug-likeness (QED) is 0.0967. The fraction of sp³-hybridized carbons (Fsp3) is 0.0141. The van der Waals surface area contributed by atoms with Crippen LogP contribution in [-0.2, 0) is 0 Å². The van der Waals surface area contributed by atoms with E-state index in [1.54, 1.807) is 0 Å². The Hall–Kier alpha value is -9.90. The van der Waals surface area contributed by atoms with Crippen LogP contribution in [0.5, 0.6) is 0 Å². The second-order valence-corrected chi connectivity index (χ2v) is 19.1. The van der Waals surface area contributed by atoms with E-state index in [-0.39, 0.29) is 0 Å². The van der Waals surface area contributed by atoms with Crippen molar-refractivity contribution in [2.45, 2.75) is 6.92 Å². The zero-order chi connectivity index (χ0) is 50.2. The maximum Gasteiger partial charge on any atom is 0.160 e. The Kier molecular flexibility index (Phi) is 11.6. The van der Waals surface area contributed by atoms with E-state index in [1.165, 1.54) is 43.6 Å². The molecule has 2 aromatic heterocycles. The minimum atomic E-state index is 0.618. The molecule has 0 aliphatic rings. The molecule has 0 unspecified atom stereocenters. The number of hydrogen-bond donors (Lipinski definition) is 0. The van der Waals surface area contributed by atoms with Crippen molar-refractivity contribution < 1.29 is 0 Å². The molecule has 0 atom stereocenters. The molecule has 0 spiro atoms. The van der Waals surface area contributed by atoms with Crippen molar-refractivity contribution in [2.75, 3.05) is 0 Å². The van der Waals surface area contributed by atoms with Gasteiger partial charge in [0.1, 0.15) is 0 Å². The molecule has 0 fully saturated rings. The Balaban J connectivity index is 0.933. The van der Waals surface area contributed by atoms with Gasteiger partial charge in [-0.25, -0.2) is 9.98 Å². The van der Waals surface area contributed by atoms with E-state index in [4.69, 9.17) is 9.98 Å². The molecule has 0 radical (unpaired) electrons. The summed E-state index contributed by atoms with van der Waals surface area (Å²) in [6, 6.07) is 97.6. The van der Waals surface area contributed by atoms with Crippen LogP contribution >= 0.6 is 0 Å². The average Bonchev–Trinajstić information content (AvgIpc) is 4.04. The topological polar surface area (TPSA) is 34.6 Å². The van der Waals surface area contributed by atoms with Crippen LogP contribution in [0.15, 0.2) is 290 Å². The summed E-state index contributed by atoms with van der Waals surface area (Å²) >= 11 is 0. The van der Waals surface area contributed by atoms with Gasteiger partial charge in [0, 0.05) is 49.8 Å². The van der Waals surface area contributed by atoms with Crippen molar-refractivity contribution in [3.8, 4) is 55.9 Å². The van der Waals surface area contributed by atoms with Crippen LogP contribution < -0.4 is 0 Å². The first-order valence-corrected chi connectivity index (χ1v) is 25.5. The van der Waals surface area contributed by atoms with Gasteiger partial charge in [0.2, 0.25) is 0 Å². The van der Waals surface area contributed by atoms with E-state index in [1.807, 2.05) is 55.5 Å². The van der Waals surface area contributed by atoms with E-state index in [0.717, 1.165) is 78.3 Å². The van der Waals surface area contributed by atoms with Crippen molar-refractivity contribution in [2.24, 2.45) is 9.98 Å². The Morgan fingerprint density at radius 1 is 0.293 bits per heavy atom. The molecule has 0 saturated heterocycles. The van der Waals surface area contributed by atoms with E-state index in [2.05, 4.69) is 240 Å². The smallest absolute Gasteiger partial charge is 0.160 e. The number of rotatable bonds is 10. The summed E-state index contributed by atoms with van der Waals surface area (Å²) in [5, 5.41) is 4.89. The standard InChI is InChI=1S/C71H50N4/c1-48(50-21-7-3-8-22-50)72-71(51-23-9-4-10-24-51)73-49(2)52-25-19-26-53(41-52)54-27-20-28-55(42-54)58-43-59(56-37-39-69-65(46-56)63-33-15-17-35-67(63)74(69)61-29-11-5-12-30-61)45-60(44-58)57-38-40-70-66(47-57)64-34-16-18-36-68(64)75(70)62-31-13-6-14-32-62/h3-47H,2H2,1H3/b72-48+,73-71-. The SMILES string of the molecule is C=C(/N=C(\N=C(/C)c1ccccc1)c1ccccc1)c1cccc(-c2cccc(-c3cc(-c4ccc5c(c4)c4ccccc4n5-c4ccccc4)cc(-c4ccc5c(c4)c4ccccc4n5-c4ccccc4)c3)c2)c1. The molecule has 0 N–H and O–H groups in total. The van der Waals surface area contributed by atoms with Crippen molar-refractivity contribution in [3.63, 3.8) is 0 Å². The van der Waals surface area contributed by atoms with Crippen LogP contribution in [0.3, 0.4) is 0 Å². The van der Waals surface area contributed by atoms with Gasteiger partial charge in [0.25, 0.3) is 0 Å². The largest absolute Gasteiger partial charge is 0.309 e. The van der Waals surface area contributed by atoms with Gasteiger partial charge < -0.3 is 9.13 Å². The van der Waals surface area contributed by atoms with Crippen LogP contribution in [-0.4, -0.2) is 20.7 Å². The summed E-state index contributed by atoms with van der Waals surface area (Å²) in [4.78, 5) is 10.1. The fourth-order valence-electron chi connectivity index (χ4n) is 10.7. The van der Waals surface area contributed by atoms with Gasteiger partial charge in [0.15, 0.2) is 5.84 Å². The highest BCUT2D eigenvalue weighted by atomic mass is 15.0.